The van der Waals surface area contributed by atoms with E-state index < -0.39 is 17.9 Å². The van der Waals surface area contributed by atoms with Gasteiger partial charge in [-0.3, -0.25) is 0 Å². The SMILES string of the molecule is CCOc1ccccc1OC(=O)C(C)Oc1ccc(F)cc1Br. The number of ether oxygens (including phenoxy) is 3. The van der Waals surface area contributed by atoms with Crippen molar-refractivity contribution >= 4 is 21.9 Å². The molecule has 2 aromatic carbocycles. The Labute approximate surface area is 142 Å². The molecular formula is C17H16BrFO4. The van der Waals surface area contributed by atoms with Gasteiger partial charge in [-0.05, 0) is 60.1 Å². The summed E-state index contributed by atoms with van der Waals surface area (Å²) in [6, 6.07) is 10.8. The molecule has 122 valence electrons. The van der Waals surface area contributed by atoms with E-state index in [0.717, 1.165) is 0 Å². The van der Waals surface area contributed by atoms with Gasteiger partial charge in [0.2, 0.25) is 0 Å². The van der Waals surface area contributed by atoms with E-state index in [0.29, 0.717) is 28.3 Å². The highest BCUT2D eigenvalue weighted by molar-refractivity contribution is 9.10. The first kappa shape index (κ1) is 17.3. The van der Waals surface area contributed by atoms with Crippen LogP contribution in [0.2, 0.25) is 0 Å². The maximum atomic E-state index is 13.1. The number of esters is 1. The third kappa shape index (κ3) is 4.69. The Bertz CT molecular complexity index is 690. The number of hydrogen-bond donors (Lipinski definition) is 0. The van der Waals surface area contributed by atoms with Gasteiger partial charge in [0.15, 0.2) is 17.6 Å². The van der Waals surface area contributed by atoms with E-state index in [2.05, 4.69) is 15.9 Å². The van der Waals surface area contributed by atoms with E-state index in [4.69, 9.17) is 14.2 Å². The summed E-state index contributed by atoms with van der Waals surface area (Å²) in [5.74, 6) is 0.193. The number of benzene rings is 2. The van der Waals surface area contributed by atoms with Crippen molar-refractivity contribution in [2.24, 2.45) is 0 Å². The maximum absolute atomic E-state index is 13.1. The van der Waals surface area contributed by atoms with Crippen molar-refractivity contribution in [1.29, 1.82) is 0 Å². The monoisotopic (exact) mass is 382 g/mol. The molecule has 2 aromatic rings. The second kappa shape index (κ2) is 7.97. The van der Waals surface area contributed by atoms with Crippen LogP contribution in [-0.2, 0) is 4.79 Å². The molecule has 0 N–H and O–H groups in total. The molecule has 0 aliphatic heterocycles. The van der Waals surface area contributed by atoms with Crippen LogP contribution < -0.4 is 14.2 Å². The summed E-state index contributed by atoms with van der Waals surface area (Å²) in [5.41, 5.74) is 0. The van der Waals surface area contributed by atoms with E-state index in [1.165, 1.54) is 18.2 Å². The fourth-order valence-electron chi connectivity index (χ4n) is 1.81. The fourth-order valence-corrected chi connectivity index (χ4v) is 2.25. The zero-order valence-electron chi connectivity index (χ0n) is 12.7. The molecule has 23 heavy (non-hydrogen) atoms. The third-order valence-corrected chi connectivity index (χ3v) is 3.51. The fraction of sp³-hybridized carbons (Fsp3) is 0.235. The number of rotatable bonds is 6. The predicted molar refractivity (Wildman–Crippen MR) is 87.4 cm³/mol. The first-order valence-electron chi connectivity index (χ1n) is 7.06. The Morgan fingerprint density at radius 1 is 1.17 bits per heavy atom. The molecule has 0 aromatic heterocycles. The molecule has 2 rings (SSSR count). The molecule has 0 spiro atoms. The highest BCUT2D eigenvalue weighted by atomic mass is 79.9. The lowest BCUT2D eigenvalue weighted by molar-refractivity contribution is -0.141. The van der Waals surface area contributed by atoms with E-state index in [1.807, 2.05) is 6.92 Å². The van der Waals surface area contributed by atoms with E-state index >= 15 is 0 Å². The van der Waals surface area contributed by atoms with Gasteiger partial charge in [-0.15, -0.1) is 0 Å². The number of carbonyl (C=O) groups excluding carboxylic acids is 1. The summed E-state index contributed by atoms with van der Waals surface area (Å²) in [5, 5.41) is 0. The van der Waals surface area contributed by atoms with Crippen molar-refractivity contribution in [3.63, 3.8) is 0 Å². The average molecular weight is 383 g/mol. The van der Waals surface area contributed by atoms with Crippen LogP contribution in [0, 0.1) is 5.82 Å². The number of hydrogen-bond acceptors (Lipinski definition) is 4. The molecule has 0 bridgehead atoms. The van der Waals surface area contributed by atoms with Crippen LogP contribution in [0.5, 0.6) is 17.2 Å². The Hall–Kier alpha value is -2.08. The molecule has 1 atom stereocenters. The highest BCUT2D eigenvalue weighted by Crippen LogP contribution is 2.29. The first-order valence-corrected chi connectivity index (χ1v) is 7.85. The van der Waals surface area contributed by atoms with Crippen molar-refractivity contribution in [1.82, 2.24) is 0 Å². The molecule has 0 radical (unpaired) electrons. The normalized spacial score (nSPS) is 11.7. The Morgan fingerprint density at radius 2 is 1.87 bits per heavy atom. The predicted octanol–water partition coefficient (Wildman–Crippen LogP) is 4.36. The summed E-state index contributed by atoms with van der Waals surface area (Å²) < 4.78 is 29.7. The summed E-state index contributed by atoms with van der Waals surface area (Å²) >= 11 is 3.19. The van der Waals surface area contributed by atoms with Crippen LogP contribution in [0.15, 0.2) is 46.9 Å². The van der Waals surface area contributed by atoms with Crippen LogP contribution in [0.3, 0.4) is 0 Å². The lowest BCUT2D eigenvalue weighted by atomic mass is 10.3. The van der Waals surface area contributed by atoms with Crippen molar-refractivity contribution in [3.05, 3.63) is 52.8 Å². The summed E-state index contributed by atoms with van der Waals surface area (Å²) in [4.78, 5) is 12.2. The molecule has 0 saturated carbocycles. The van der Waals surface area contributed by atoms with E-state index in [1.54, 1.807) is 31.2 Å². The van der Waals surface area contributed by atoms with Crippen molar-refractivity contribution in [3.8, 4) is 17.2 Å². The number of para-hydroxylation sites is 2. The zero-order valence-corrected chi connectivity index (χ0v) is 14.3. The standard InChI is InChI=1S/C17H16BrFO4/c1-3-21-15-6-4-5-7-16(15)23-17(20)11(2)22-14-9-8-12(19)10-13(14)18/h4-11H,3H2,1-2H3. The molecule has 1 unspecified atom stereocenters. The van der Waals surface area contributed by atoms with Gasteiger partial charge in [0.25, 0.3) is 0 Å². The topological polar surface area (TPSA) is 44.8 Å². The molecule has 6 heteroatoms. The second-order valence-electron chi connectivity index (χ2n) is 4.64. The third-order valence-electron chi connectivity index (χ3n) is 2.89. The van der Waals surface area contributed by atoms with Crippen molar-refractivity contribution in [2.75, 3.05) is 6.61 Å². The molecule has 0 amide bonds. The second-order valence-corrected chi connectivity index (χ2v) is 5.49. The molecule has 0 aliphatic carbocycles. The van der Waals surface area contributed by atoms with Gasteiger partial charge in [0.1, 0.15) is 11.6 Å². The molecule has 0 aliphatic rings. The molecule has 0 saturated heterocycles. The quantitative estimate of drug-likeness (QED) is 0.549. The molecule has 0 heterocycles. The molecular weight excluding hydrogens is 367 g/mol. The van der Waals surface area contributed by atoms with E-state index in [9.17, 15) is 9.18 Å². The van der Waals surface area contributed by atoms with Crippen LogP contribution in [0.1, 0.15) is 13.8 Å². The minimum absolute atomic E-state index is 0.327. The maximum Gasteiger partial charge on any atom is 0.352 e. The van der Waals surface area contributed by atoms with Gasteiger partial charge in [-0.25, -0.2) is 9.18 Å². The Balaban J connectivity index is 2.05. The van der Waals surface area contributed by atoms with Crippen molar-refractivity contribution in [2.45, 2.75) is 20.0 Å². The van der Waals surface area contributed by atoms with Gasteiger partial charge in [-0.2, -0.15) is 0 Å². The Kier molecular flexibility index (Phi) is 5.98. The minimum Gasteiger partial charge on any atom is -0.490 e. The zero-order chi connectivity index (χ0) is 16.8. The smallest absolute Gasteiger partial charge is 0.352 e. The minimum atomic E-state index is -0.869. The summed E-state index contributed by atoms with van der Waals surface area (Å²) in [7, 11) is 0. The summed E-state index contributed by atoms with van der Waals surface area (Å²) in [6.07, 6.45) is -0.869. The van der Waals surface area contributed by atoms with Gasteiger partial charge >= 0.3 is 5.97 Å². The Morgan fingerprint density at radius 3 is 2.52 bits per heavy atom. The lowest BCUT2D eigenvalue weighted by Gasteiger charge is -2.16. The largest absolute Gasteiger partial charge is 0.490 e. The molecule has 0 fully saturated rings. The lowest BCUT2D eigenvalue weighted by Crippen LogP contribution is -2.28. The van der Waals surface area contributed by atoms with Crippen LogP contribution >= 0.6 is 15.9 Å². The van der Waals surface area contributed by atoms with Crippen LogP contribution in [0.4, 0.5) is 4.39 Å². The average Bonchev–Trinajstić information content (AvgIpc) is 2.52. The molecule has 4 nitrogen and oxygen atoms in total. The first-order chi connectivity index (χ1) is 11.0. The van der Waals surface area contributed by atoms with Crippen molar-refractivity contribution < 1.29 is 23.4 Å². The van der Waals surface area contributed by atoms with E-state index in [-0.39, 0.29) is 0 Å². The summed E-state index contributed by atoms with van der Waals surface area (Å²) in [6.45, 7) is 3.86. The highest BCUT2D eigenvalue weighted by Gasteiger charge is 2.20. The number of carbonyl (C=O) groups is 1. The number of halogens is 2. The van der Waals surface area contributed by atoms with Crippen LogP contribution in [0.25, 0.3) is 0 Å². The van der Waals surface area contributed by atoms with Gasteiger partial charge in [0.05, 0.1) is 11.1 Å². The van der Waals surface area contributed by atoms with Gasteiger partial charge < -0.3 is 14.2 Å². The van der Waals surface area contributed by atoms with Crippen LogP contribution in [-0.4, -0.2) is 18.7 Å². The van der Waals surface area contributed by atoms with Gasteiger partial charge in [0, 0.05) is 0 Å². The van der Waals surface area contributed by atoms with Gasteiger partial charge in [-0.1, -0.05) is 12.1 Å².